The van der Waals surface area contributed by atoms with Gasteiger partial charge < -0.3 is 15.5 Å². The topological polar surface area (TPSA) is 103 Å². The van der Waals surface area contributed by atoms with E-state index in [2.05, 4.69) is 20.3 Å². The van der Waals surface area contributed by atoms with Crippen molar-refractivity contribution in [2.45, 2.75) is 31.1 Å². The third-order valence-electron chi connectivity index (χ3n) is 4.19. The number of amides is 1. The van der Waals surface area contributed by atoms with Gasteiger partial charge in [0.05, 0.1) is 4.90 Å². The van der Waals surface area contributed by atoms with Crippen molar-refractivity contribution in [1.82, 2.24) is 20.3 Å². The summed E-state index contributed by atoms with van der Waals surface area (Å²) in [7, 11) is -3.60. The Kier molecular flexibility index (Phi) is 11.8. The summed E-state index contributed by atoms with van der Waals surface area (Å²) in [4.78, 5) is 18.1. The van der Waals surface area contributed by atoms with Gasteiger partial charge in [-0.1, -0.05) is 17.7 Å². The van der Waals surface area contributed by atoms with E-state index in [9.17, 15) is 13.2 Å². The molecule has 0 spiro atoms. The highest BCUT2D eigenvalue weighted by atomic mass is 127. The number of halogens is 2. The molecule has 1 aliphatic rings. The quantitative estimate of drug-likeness (QED) is 0.176. The number of hydrogen-bond acceptors (Lipinski definition) is 4. The van der Waals surface area contributed by atoms with Crippen LogP contribution in [0.4, 0.5) is 0 Å². The number of rotatable bonds is 10. The average Bonchev–Trinajstić information content (AvgIpc) is 3.07. The maximum Gasteiger partial charge on any atom is 0.240 e. The zero-order valence-electron chi connectivity index (χ0n) is 16.5. The lowest BCUT2D eigenvalue weighted by atomic mass is 10.4. The Hall–Kier alpha value is -1.11. The van der Waals surface area contributed by atoms with Crippen LogP contribution in [0.1, 0.15) is 26.2 Å². The summed E-state index contributed by atoms with van der Waals surface area (Å²) in [6, 6.07) is 6.13. The van der Waals surface area contributed by atoms with E-state index in [1.54, 1.807) is 12.1 Å². The number of nitrogens with one attached hydrogen (secondary N) is 3. The summed E-state index contributed by atoms with van der Waals surface area (Å²) >= 11 is 5.85. The van der Waals surface area contributed by atoms with E-state index in [1.807, 2.05) is 11.8 Å². The smallest absolute Gasteiger partial charge is 0.240 e. The van der Waals surface area contributed by atoms with Gasteiger partial charge in [0.1, 0.15) is 0 Å². The van der Waals surface area contributed by atoms with E-state index in [1.165, 1.54) is 12.1 Å². The molecule has 29 heavy (non-hydrogen) atoms. The third-order valence-corrected chi connectivity index (χ3v) is 5.88. The number of guanidine groups is 1. The van der Waals surface area contributed by atoms with Gasteiger partial charge in [0.15, 0.2) is 5.96 Å². The zero-order valence-corrected chi connectivity index (χ0v) is 20.4. The first-order valence-electron chi connectivity index (χ1n) is 9.47. The molecular weight excluding hydrogens is 529 g/mol. The Bertz CT molecular complexity index is 791. The van der Waals surface area contributed by atoms with Crippen molar-refractivity contribution in [3.8, 4) is 0 Å². The molecule has 0 saturated carbocycles. The standard InChI is InChI=1S/C18H28ClN5O3S.HI/c1-2-20-18(21-9-5-13-24-12-4-8-17(24)25)22-10-11-23-28(26,27)16-7-3-6-15(19)14-16;/h3,6-7,14,23H,2,4-5,8-13H2,1H3,(H2,20,21,22);1H. The second kappa shape index (κ2) is 13.2. The monoisotopic (exact) mass is 557 g/mol. The zero-order chi connectivity index (χ0) is 20.4. The van der Waals surface area contributed by atoms with E-state index in [0.29, 0.717) is 37.0 Å². The molecule has 164 valence electrons. The average molecular weight is 558 g/mol. The Morgan fingerprint density at radius 3 is 2.72 bits per heavy atom. The van der Waals surface area contributed by atoms with Crippen LogP contribution in [0.2, 0.25) is 5.02 Å². The van der Waals surface area contributed by atoms with Crippen molar-refractivity contribution in [2.75, 3.05) is 39.3 Å². The van der Waals surface area contributed by atoms with Crippen molar-refractivity contribution < 1.29 is 13.2 Å². The first kappa shape index (κ1) is 25.9. The van der Waals surface area contributed by atoms with Crippen molar-refractivity contribution in [3.63, 3.8) is 0 Å². The molecule has 2 rings (SSSR count). The third kappa shape index (κ3) is 9.06. The predicted octanol–water partition coefficient (Wildman–Crippen LogP) is 1.80. The number of likely N-dealkylation sites (tertiary alicyclic amines) is 1. The highest BCUT2D eigenvalue weighted by molar-refractivity contribution is 14.0. The van der Waals surface area contributed by atoms with Gasteiger partial charge in [-0.25, -0.2) is 13.1 Å². The summed E-state index contributed by atoms with van der Waals surface area (Å²) in [6.45, 7) is 5.41. The van der Waals surface area contributed by atoms with Crippen LogP contribution in [-0.4, -0.2) is 64.5 Å². The van der Waals surface area contributed by atoms with Crippen molar-refractivity contribution in [1.29, 1.82) is 0 Å². The fourth-order valence-corrected chi connectivity index (χ4v) is 4.15. The maximum atomic E-state index is 12.2. The van der Waals surface area contributed by atoms with Gasteiger partial charge >= 0.3 is 0 Å². The van der Waals surface area contributed by atoms with Crippen LogP contribution in [0.25, 0.3) is 0 Å². The second-order valence-corrected chi connectivity index (χ2v) is 8.58. The molecule has 0 aliphatic carbocycles. The van der Waals surface area contributed by atoms with E-state index < -0.39 is 10.0 Å². The Balaban J connectivity index is 0.00000420. The minimum atomic E-state index is -3.60. The Morgan fingerprint density at radius 2 is 2.07 bits per heavy atom. The molecule has 1 heterocycles. The van der Waals surface area contributed by atoms with Crippen LogP contribution in [-0.2, 0) is 14.8 Å². The van der Waals surface area contributed by atoms with Gasteiger partial charge in [0.25, 0.3) is 0 Å². The van der Waals surface area contributed by atoms with Crippen LogP contribution in [0.5, 0.6) is 0 Å². The number of benzene rings is 1. The highest BCUT2D eigenvalue weighted by Gasteiger charge is 2.18. The number of carbonyl (C=O) groups excluding carboxylic acids is 1. The summed E-state index contributed by atoms with van der Waals surface area (Å²) in [6.07, 6.45) is 2.39. The summed E-state index contributed by atoms with van der Waals surface area (Å²) in [5.74, 6) is 0.846. The molecule has 1 aromatic rings. The largest absolute Gasteiger partial charge is 0.357 e. The lowest BCUT2D eigenvalue weighted by molar-refractivity contribution is -0.127. The summed E-state index contributed by atoms with van der Waals surface area (Å²) < 4.78 is 27.0. The van der Waals surface area contributed by atoms with E-state index in [0.717, 1.165) is 25.9 Å². The molecule has 8 nitrogen and oxygen atoms in total. The van der Waals surface area contributed by atoms with Crippen LogP contribution < -0.4 is 15.4 Å². The van der Waals surface area contributed by atoms with E-state index in [-0.39, 0.29) is 41.3 Å². The minimum Gasteiger partial charge on any atom is -0.357 e. The first-order valence-corrected chi connectivity index (χ1v) is 11.3. The lowest BCUT2D eigenvalue weighted by Crippen LogP contribution is -2.41. The summed E-state index contributed by atoms with van der Waals surface area (Å²) in [5, 5.41) is 6.59. The molecule has 1 fully saturated rings. The number of aliphatic imine (C=N–C) groups is 1. The normalized spacial score (nSPS) is 14.6. The van der Waals surface area contributed by atoms with Gasteiger partial charge in [-0.3, -0.25) is 9.79 Å². The Labute approximate surface area is 194 Å². The molecule has 11 heteroatoms. The molecule has 1 amide bonds. The molecule has 1 aliphatic heterocycles. The molecule has 3 N–H and O–H groups in total. The Morgan fingerprint density at radius 1 is 1.28 bits per heavy atom. The highest BCUT2D eigenvalue weighted by Crippen LogP contribution is 2.14. The van der Waals surface area contributed by atoms with Crippen LogP contribution in [0, 0.1) is 0 Å². The number of carbonyl (C=O) groups is 1. The number of nitrogens with zero attached hydrogens (tertiary/aromatic N) is 2. The maximum absolute atomic E-state index is 12.2. The van der Waals surface area contributed by atoms with Crippen LogP contribution in [0.3, 0.4) is 0 Å². The fourth-order valence-electron chi connectivity index (χ4n) is 2.82. The SMILES string of the molecule is CCNC(=NCCCN1CCCC1=O)NCCNS(=O)(=O)c1cccc(Cl)c1.I. The molecule has 1 saturated heterocycles. The van der Waals surface area contributed by atoms with Crippen LogP contribution in [0.15, 0.2) is 34.2 Å². The predicted molar refractivity (Wildman–Crippen MR) is 126 cm³/mol. The molecule has 0 aromatic heterocycles. The van der Waals surface area contributed by atoms with Gasteiger partial charge in [-0.15, -0.1) is 24.0 Å². The molecule has 0 unspecified atom stereocenters. The lowest BCUT2D eigenvalue weighted by Gasteiger charge is -2.15. The van der Waals surface area contributed by atoms with E-state index >= 15 is 0 Å². The van der Waals surface area contributed by atoms with E-state index in [4.69, 9.17) is 11.6 Å². The molecule has 0 radical (unpaired) electrons. The van der Waals surface area contributed by atoms with Gasteiger partial charge in [0.2, 0.25) is 15.9 Å². The van der Waals surface area contributed by atoms with Crippen molar-refractivity contribution >= 4 is 57.5 Å². The fraction of sp³-hybridized carbons (Fsp3) is 0.556. The number of hydrogen-bond donors (Lipinski definition) is 3. The second-order valence-electron chi connectivity index (χ2n) is 6.38. The molecule has 1 aromatic carbocycles. The van der Waals surface area contributed by atoms with Crippen molar-refractivity contribution in [2.24, 2.45) is 4.99 Å². The van der Waals surface area contributed by atoms with Gasteiger partial charge in [-0.2, -0.15) is 0 Å². The number of sulfonamides is 1. The van der Waals surface area contributed by atoms with Crippen LogP contribution >= 0.6 is 35.6 Å². The molecule has 0 atom stereocenters. The van der Waals surface area contributed by atoms with Gasteiger partial charge in [-0.05, 0) is 38.0 Å². The van der Waals surface area contributed by atoms with Crippen molar-refractivity contribution in [3.05, 3.63) is 29.3 Å². The van der Waals surface area contributed by atoms with Gasteiger partial charge in [0, 0.05) is 50.7 Å². The molecule has 0 bridgehead atoms. The minimum absolute atomic E-state index is 0. The first-order chi connectivity index (χ1) is 13.4. The summed E-state index contributed by atoms with van der Waals surface area (Å²) in [5.41, 5.74) is 0. The molecular formula is C18H29ClIN5O3S.